The lowest BCUT2D eigenvalue weighted by Crippen LogP contribution is -2.42. The third-order valence-electron chi connectivity index (χ3n) is 3.16. The van der Waals surface area contributed by atoms with Crippen molar-refractivity contribution >= 4 is 17.6 Å². The van der Waals surface area contributed by atoms with E-state index in [0.717, 1.165) is 24.1 Å². The van der Waals surface area contributed by atoms with Crippen LogP contribution in [-0.2, 0) is 4.74 Å². The number of halogens is 1. The minimum atomic E-state index is 0.239. The molecule has 0 spiro atoms. The monoisotopic (exact) mass is 312 g/mol. The highest BCUT2D eigenvalue weighted by atomic mass is 35.5. The van der Waals surface area contributed by atoms with Crippen molar-refractivity contribution in [1.82, 2.24) is 15.5 Å². The quantitative estimate of drug-likeness (QED) is 0.457. The molecule has 0 aliphatic heterocycles. The molecule has 118 valence electrons. The fourth-order valence-corrected chi connectivity index (χ4v) is 2.09. The van der Waals surface area contributed by atoms with E-state index in [0.29, 0.717) is 6.61 Å². The highest BCUT2D eigenvalue weighted by Gasteiger charge is 2.14. The minimum Gasteiger partial charge on any atom is -0.383 e. The third kappa shape index (κ3) is 6.33. The van der Waals surface area contributed by atoms with Crippen molar-refractivity contribution < 1.29 is 4.74 Å². The van der Waals surface area contributed by atoms with Gasteiger partial charge in [-0.1, -0.05) is 23.7 Å². The topological polar surface area (TPSA) is 48.9 Å². The molecule has 1 aromatic rings. The Labute approximate surface area is 132 Å². The smallest absolute Gasteiger partial charge is 0.191 e. The molecule has 2 N–H and O–H groups in total. The molecule has 0 aliphatic carbocycles. The molecule has 0 radical (unpaired) electrons. The van der Waals surface area contributed by atoms with Gasteiger partial charge in [0.25, 0.3) is 0 Å². The van der Waals surface area contributed by atoms with E-state index in [1.807, 2.05) is 12.1 Å². The Morgan fingerprint density at radius 2 is 1.95 bits per heavy atom. The second-order valence-electron chi connectivity index (χ2n) is 4.90. The standard InChI is InChI=1S/C15H25ClN4O/c1-17-15(18-9-10-21-4)19-11-14(20(2)3)12-5-7-13(16)8-6-12/h5-8,14H,9-11H2,1-4H3,(H2,17,18,19). The number of aliphatic imine (C=N–C) groups is 1. The van der Waals surface area contributed by atoms with E-state index >= 15 is 0 Å². The number of methoxy groups -OCH3 is 1. The lowest BCUT2D eigenvalue weighted by atomic mass is 10.1. The van der Waals surface area contributed by atoms with E-state index in [9.17, 15) is 0 Å². The van der Waals surface area contributed by atoms with Crippen LogP contribution in [0, 0.1) is 0 Å². The first kappa shape index (κ1) is 17.8. The van der Waals surface area contributed by atoms with Gasteiger partial charge >= 0.3 is 0 Å². The number of hydrogen-bond donors (Lipinski definition) is 2. The first-order valence-electron chi connectivity index (χ1n) is 6.93. The van der Waals surface area contributed by atoms with Crippen LogP contribution < -0.4 is 10.6 Å². The predicted molar refractivity (Wildman–Crippen MR) is 89.1 cm³/mol. The number of benzene rings is 1. The summed E-state index contributed by atoms with van der Waals surface area (Å²) in [5.41, 5.74) is 1.21. The number of nitrogens with one attached hydrogen (secondary N) is 2. The van der Waals surface area contributed by atoms with Crippen LogP contribution in [0.1, 0.15) is 11.6 Å². The molecule has 1 atom stereocenters. The second-order valence-corrected chi connectivity index (χ2v) is 5.34. The SMILES string of the molecule is CN=C(NCCOC)NCC(c1ccc(Cl)cc1)N(C)C. The molecule has 1 aromatic carbocycles. The van der Waals surface area contributed by atoms with E-state index in [1.165, 1.54) is 5.56 Å². The Morgan fingerprint density at radius 3 is 2.48 bits per heavy atom. The zero-order valence-electron chi connectivity index (χ0n) is 13.2. The number of hydrogen-bond acceptors (Lipinski definition) is 3. The molecule has 21 heavy (non-hydrogen) atoms. The molecular formula is C15H25ClN4O. The van der Waals surface area contributed by atoms with Crippen molar-refractivity contribution in [3.05, 3.63) is 34.9 Å². The van der Waals surface area contributed by atoms with Crippen molar-refractivity contribution in [3.63, 3.8) is 0 Å². The van der Waals surface area contributed by atoms with Gasteiger partial charge in [-0.3, -0.25) is 4.99 Å². The van der Waals surface area contributed by atoms with Crippen LogP contribution in [0.15, 0.2) is 29.3 Å². The average molecular weight is 313 g/mol. The van der Waals surface area contributed by atoms with Crippen LogP contribution in [0.25, 0.3) is 0 Å². The molecule has 6 heteroatoms. The third-order valence-corrected chi connectivity index (χ3v) is 3.42. The Hall–Kier alpha value is -1.30. The molecule has 1 rings (SSSR count). The van der Waals surface area contributed by atoms with Crippen LogP contribution in [-0.4, -0.2) is 58.8 Å². The molecular weight excluding hydrogens is 288 g/mol. The first-order chi connectivity index (χ1) is 10.1. The van der Waals surface area contributed by atoms with Crippen molar-refractivity contribution in [2.75, 3.05) is 47.9 Å². The summed E-state index contributed by atoms with van der Waals surface area (Å²) in [6.07, 6.45) is 0. The van der Waals surface area contributed by atoms with E-state index in [-0.39, 0.29) is 6.04 Å². The summed E-state index contributed by atoms with van der Waals surface area (Å²) in [6.45, 7) is 2.13. The summed E-state index contributed by atoms with van der Waals surface area (Å²) in [7, 11) is 7.56. The molecule has 1 unspecified atom stereocenters. The highest BCUT2D eigenvalue weighted by molar-refractivity contribution is 6.30. The Morgan fingerprint density at radius 1 is 1.29 bits per heavy atom. The van der Waals surface area contributed by atoms with Gasteiger partial charge in [-0.05, 0) is 31.8 Å². The summed E-state index contributed by atoms with van der Waals surface area (Å²) in [6, 6.07) is 8.17. The van der Waals surface area contributed by atoms with Crippen molar-refractivity contribution in [3.8, 4) is 0 Å². The van der Waals surface area contributed by atoms with Gasteiger partial charge in [0.2, 0.25) is 0 Å². The molecule has 0 aliphatic rings. The lowest BCUT2D eigenvalue weighted by molar-refractivity contribution is 0.203. The van der Waals surface area contributed by atoms with Crippen LogP contribution in [0.5, 0.6) is 0 Å². The number of likely N-dealkylation sites (N-methyl/N-ethyl adjacent to an activating group) is 1. The fourth-order valence-electron chi connectivity index (χ4n) is 1.97. The fraction of sp³-hybridized carbons (Fsp3) is 0.533. The zero-order chi connectivity index (χ0) is 15.7. The van der Waals surface area contributed by atoms with Crippen molar-refractivity contribution in [1.29, 1.82) is 0 Å². The van der Waals surface area contributed by atoms with Gasteiger partial charge in [-0.2, -0.15) is 0 Å². The molecule has 0 fully saturated rings. The van der Waals surface area contributed by atoms with Gasteiger partial charge in [-0.15, -0.1) is 0 Å². The normalized spacial score (nSPS) is 13.3. The number of ether oxygens (including phenoxy) is 1. The Kier molecular flexibility index (Phi) is 8.12. The van der Waals surface area contributed by atoms with Gasteiger partial charge in [0.1, 0.15) is 0 Å². The predicted octanol–water partition coefficient (Wildman–Crippen LogP) is 1.75. The summed E-state index contributed by atoms with van der Waals surface area (Å²) in [5.74, 6) is 0.771. The molecule has 0 heterocycles. The lowest BCUT2D eigenvalue weighted by Gasteiger charge is -2.26. The Balaban J connectivity index is 2.60. The van der Waals surface area contributed by atoms with E-state index in [4.69, 9.17) is 16.3 Å². The molecule has 0 saturated carbocycles. The Bertz CT molecular complexity index is 434. The molecule has 0 saturated heterocycles. The van der Waals surface area contributed by atoms with Crippen LogP contribution >= 0.6 is 11.6 Å². The van der Waals surface area contributed by atoms with Gasteiger partial charge in [-0.25, -0.2) is 0 Å². The summed E-state index contributed by atoms with van der Waals surface area (Å²) in [5, 5.41) is 7.28. The van der Waals surface area contributed by atoms with Crippen LogP contribution in [0.2, 0.25) is 5.02 Å². The van der Waals surface area contributed by atoms with Crippen molar-refractivity contribution in [2.24, 2.45) is 4.99 Å². The first-order valence-corrected chi connectivity index (χ1v) is 7.31. The van der Waals surface area contributed by atoms with E-state index in [2.05, 4.69) is 46.8 Å². The molecule has 0 bridgehead atoms. The minimum absolute atomic E-state index is 0.239. The number of nitrogens with zero attached hydrogens (tertiary/aromatic N) is 2. The van der Waals surface area contributed by atoms with Gasteiger partial charge in [0.05, 0.1) is 12.6 Å². The summed E-state index contributed by atoms with van der Waals surface area (Å²) >= 11 is 5.95. The molecule has 0 amide bonds. The van der Waals surface area contributed by atoms with Crippen LogP contribution in [0.4, 0.5) is 0 Å². The molecule has 5 nitrogen and oxygen atoms in total. The largest absolute Gasteiger partial charge is 0.383 e. The maximum atomic E-state index is 5.95. The summed E-state index contributed by atoms with van der Waals surface area (Å²) in [4.78, 5) is 6.36. The van der Waals surface area contributed by atoms with E-state index < -0.39 is 0 Å². The van der Waals surface area contributed by atoms with E-state index in [1.54, 1.807) is 14.2 Å². The van der Waals surface area contributed by atoms with Gasteiger partial charge in [0.15, 0.2) is 5.96 Å². The average Bonchev–Trinajstić information content (AvgIpc) is 2.47. The number of guanidine groups is 1. The second kappa shape index (κ2) is 9.60. The van der Waals surface area contributed by atoms with Crippen molar-refractivity contribution in [2.45, 2.75) is 6.04 Å². The maximum Gasteiger partial charge on any atom is 0.191 e. The van der Waals surface area contributed by atoms with Gasteiger partial charge < -0.3 is 20.3 Å². The van der Waals surface area contributed by atoms with Gasteiger partial charge in [0, 0.05) is 32.3 Å². The van der Waals surface area contributed by atoms with Crippen LogP contribution in [0.3, 0.4) is 0 Å². The highest BCUT2D eigenvalue weighted by Crippen LogP contribution is 2.19. The number of rotatable bonds is 7. The zero-order valence-corrected chi connectivity index (χ0v) is 13.9. The summed E-state index contributed by atoms with van der Waals surface area (Å²) < 4.78 is 5.02. The maximum absolute atomic E-state index is 5.95. The molecule has 0 aromatic heterocycles.